The average Bonchev–Trinajstić information content (AvgIpc) is 3.14. The number of amides is 2. The summed E-state index contributed by atoms with van der Waals surface area (Å²) >= 11 is 8.27. The SMILES string of the molecule is O=C(CSc1nnc(NC(=O)c2ccccc2Cl)s1)Nc1ccc([N+](=O)[O-])cc1. The molecule has 2 amide bonds. The van der Waals surface area contributed by atoms with Crippen LogP contribution in [-0.4, -0.2) is 32.7 Å². The van der Waals surface area contributed by atoms with Crippen LogP contribution in [0.15, 0.2) is 52.9 Å². The highest BCUT2D eigenvalue weighted by Gasteiger charge is 2.14. The number of nitrogens with one attached hydrogen (secondary N) is 2. The standard InChI is InChI=1S/C17H12ClN5O4S2/c18-13-4-2-1-3-12(13)15(25)20-16-21-22-17(29-16)28-9-14(24)19-10-5-7-11(8-6-10)23(26)27/h1-8H,9H2,(H,19,24)(H,20,21,25). The summed E-state index contributed by atoms with van der Waals surface area (Å²) < 4.78 is 0.498. The molecule has 0 spiro atoms. The molecule has 1 heterocycles. The van der Waals surface area contributed by atoms with E-state index >= 15 is 0 Å². The Morgan fingerprint density at radius 2 is 1.83 bits per heavy atom. The third-order valence-electron chi connectivity index (χ3n) is 3.43. The van der Waals surface area contributed by atoms with Gasteiger partial charge in [0.1, 0.15) is 0 Å². The fourth-order valence-electron chi connectivity index (χ4n) is 2.12. The van der Waals surface area contributed by atoms with Gasteiger partial charge >= 0.3 is 0 Å². The van der Waals surface area contributed by atoms with Crippen LogP contribution in [0.5, 0.6) is 0 Å². The Kier molecular flexibility index (Phi) is 6.75. The molecule has 0 bridgehead atoms. The minimum Gasteiger partial charge on any atom is -0.325 e. The normalized spacial score (nSPS) is 10.4. The van der Waals surface area contributed by atoms with Crippen molar-refractivity contribution in [1.29, 1.82) is 0 Å². The van der Waals surface area contributed by atoms with Gasteiger partial charge in [0.05, 0.1) is 21.3 Å². The second-order valence-corrected chi connectivity index (χ2v) is 8.06. The molecule has 148 valence electrons. The molecule has 0 aliphatic carbocycles. The minimum atomic E-state index is -0.515. The maximum atomic E-state index is 12.2. The maximum absolute atomic E-state index is 12.2. The van der Waals surface area contributed by atoms with Crippen LogP contribution in [0.1, 0.15) is 10.4 Å². The van der Waals surface area contributed by atoms with E-state index in [2.05, 4.69) is 20.8 Å². The summed E-state index contributed by atoms with van der Waals surface area (Å²) in [5, 5.41) is 24.3. The van der Waals surface area contributed by atoms with Crippen LogP contribution in [0, 0.1) is 10.1 Å². The van der Waals surface area contributed by atoms with Gasteiger partial charge in [0, 0.05) is 17.8 Å². The zero-order chi connectivity index (χ0) is 20.8. The summed E-state index contributed by atoms with van der Waals surface area (Å²) in [6.07, 6.45) is 0. The number of benzene rings is 2. The van der Waals surface area contributed by atoms with Gasteiger partial charge < -0.3 is 5.32 Å². The van der Waals surface area contributed by atoms with Crippen molar-refractivity contribution in [2.45, 2.75) is 4.34 Å². The van der Waals surface area contributed by atoms with E-state index in [1.54, 1.807) is 24.3 Å². The van der Waals surface area contributed by atoms with Gasteiger partial charge in [-0.05, 0) is 24.3 Å². The molecular weight excluding hydrogens is 438 g/mol. The van der Waals surface area contributed by atoms with E-state index in [0.717, 1.165) is 23.1 Å². The van der Waals surface area contributed by atoms with E-state index < -0.39 is 10.8 Å². The zero-order valence-corrected chi connectivity index (χ0v) is 16.9. The number of hydrogen-bond donors (Lipinski definition) is 2. The summed E-state index contributed by atoms with van der Waals surface area (Å²) in [6, 6.07) is 12.1. The number of carbonyl (C=O) groups excluding carboxylic acids is 2. The molecule has 3 rings (SSSR count). The number of thioether (sulfide) groups is 1. The van der Waals surface area contributed by atoms with Crippen molar-refractivity contribution in [3.05, 3.63) is 69.2 Å². The van der Waals surface area contributed by atoms with Gasteiger partial charge in [-0.2, -0.15) is 0 Å². The fraction of sp³-hybridized carbons (Fsp3) is 0.0588. The zero-order valence-electron chi connectivity index (χ0n) is 14.5. The molecule has 1 aromatic heterocycles. The Labute approximate surface area is 177 Å². The van der Waals surface area contributed by atoms with E-state index in [0.29, 0.717) is 20.6 Å². The monoisotopic (exact) mass is 449 g/mol. The van der Waals surface area contributed by atoms with E-state index in [4.69, 9.17) is 11.6 Å². The molecule has 0 aliphatic heterocycles. The first-order valence-corrected chi connectivity index (χ1v) is 10.2. The highest BCUT2D eigenvalue weighted by atomic mass is 35.5. The van der Waals surface area contributed by atoms with Crippen molar-refractivity contribution in [2.75, 3.05) is 16.4 Å². The first kappa shape index (κ1) is 20.7. The summed E-state index contributed by atoms with van der Waals surface area (Å²) in [4.78, 5) is 34.3. The fourth-order valence-corrected chi connectivity index (χ4v) is 3.89. The number of rotatable bonds is 7. The Bertz CT molecular complexity index is 1060. The van der Waals surface area contributed by atoms with Gasteiger partial charge in [0.25, 0.3) is 11.6 Å². The molecule has 2 N–H and O–H groups in total. The molecular formula is C17H12ClN5O4S2. The lowest BCUT2D eigenvalue weighted by molar-refractivity contribution is -0.384. The molecule has 0 radical (unpaired) electrons. The van der Waals surface area contributed by atoms with Crippen LogP contribution in [0.2, 0.25) is 5.02 Å². The molecule has 0 fully saturated rings. The second kappa shape index (κ2) is 9.45. The number of carbonyl (C=O) groups is 2. The van der Waals surface area contributed by atoms with Crippen molar-refractivity contribution >= 4 is 63.0 Å². The van der Waals surface area contributed by atoms with Crippen LogP contribution in [0.25, 0.3) is 0 Å². The second-order valence-electron chi connectivity index (χ2n) is 5.45. The number of halogens is 1. The quantitative estimate of drug-likeness (QED) is 0.240. The van der Waals surface area contributed by atoms with Crippen molar-refractivity contribution in [1.82, 2.24) is 10.2 Å². The maximum Gasteiger partial charge on any atom is 0.269 e. The van der Waals surface area contributed by atoms with Gasteiger partial charge in [-0.25, -0.2) is 0 Å². The molecule has 2 aromatic carbocycles. The largest absolute Gasteiger partial charge is 0.325 e. The Balaban J connectivity index is 1.51. The average molecular weight is 450 g/mol. The molecule has 0 saturated carbocycles. The van der Waals surface area contributed by atoms with E-state index in [9.17, 15) is 19.7 Å². The van der Waals surface area contributed by atoms with E-state index in [1.165, 1.54) is 24.3 Å². The molecule has 29 heavy (non-hydrogen) atoms. The number of hydrogen-bond acceptors (Lipinski definition) is 8. The van der Waals surface area contributed by atoms with Crippen molar-refractivity contribution in [3.8, 4) is 0 Å². The predicted molar refractivity (Wildman–Crippen MR) is 112 cm³/mol. The lowest BCUT2D eigenvalue weighted by atomic mass is 10.2. The number of non-ortho nitro benzene ring substituents is 1. The molecule has 0 saturated heterocycles. The van der Waals surface area contributed by atoms with Crippen LogP contribution < -0.4 is 10.6 Å². The third kappa shape index (κ3) is 5.73. The molecule has 0 atom stereocenters. The number of anilines is 2. The van der Waals surface area contributed by atoms with Gasteiger partial charge in [0.2, 0.25) is 11.0 Å². The van der Waals surface area contributed by atoms with Crippen molar-refractivity contribution < 1.29 is 14.5 Å². The van der Waals surface area contributed by atoms with Gasteiger partial charge in [-0.15, -0.1) is 10.2 Å². The third-order valence-corrected chi connectivity index (χ3v) is 5.74. The summed E-state index contributed by atoms with van der Waals surface area (Å²) in [5.74, 6) is -0.649. The molecule has 3 aromatic rings. The van der Waals surface area contributed by atoms with E-state index in [-0.39, 0.29) is 22.5 Å². The van der Waals surface area contributed by atoms with Gasteiger partial charge in [-0.1, -0.05) is 46.8 Å². The molecule has 0 unspecified atom stereocenters. The lowest BCUT2D eigenvalue weighted by Crippen LogP contribution is -2.13. The topological polar surface area (TPSA) is 127 Å². The van der Waals surface area contributed by atoms with E-state index in [1.807, 2.05) is 0 Å². The number of nitro benzene ring substituents is 1. The summed E-state index contributed by atoms with van der Waals surface area (Å²) in [7, 11) is 0. The van der Waals surface area contributed by atoms with Crippen LogP contribution >= 0.6 is 34.7 Å². The van der Waals surface area contributed by atoms with Crippen molar-refractivity contribution in [2.24, 2.45) is 0 Å². The lowest BCUT2D eigenvalue weighted by Gasteiger charge is -2.03. The highest BCUT2D eigenvalue weighted by molar-refractivity contribution is 8.01. The summed E-state index contributed by atoms with van der Waals surface area (Å²) in [5.41, 5.74) is 0.713. The minimum absolute atomic E-state index is 0.0578. The number of nitrogens with zero attached hydrogens (tertiary/aromatic N) is 3. The highest BCUT2D eigenvalue weighted by Crippen LogP contribution is 2.26. The first-order chi connectivity index (χ1) is 13.9. The smallest absolute Gasteiger partial charge is 0.269 e. The predicted octanol–water partition coefficient (Wildman–Crippen LogP) is 4.08. The van der Waals surface area contributed by atoms with Gasteiger partial charge in [-0.3, -0.25) is 25.0 Å². The molecule has 9 nitrogen and oxygen atoms in total. The first-order valence-electron chi connectivity index (χ1n) is 7.99. The van der Waals surface area contributed by atoms with Crippen molar-refractivity contribution in [3.63, 3.8) is 0 Å². The van der Waals surface area contributed by atoms with Crippen LogP contribution in [-0.2, 0) is 4.79 Å². The number of aromatic nitrogens is 2. The number of nitro groups is 1. The Hall–Kier alpha value is -3.02. The van der Waals surface area contributed by atoms with Crippen LogP contribution in [0.3, 0.4) is 0 Å². The Morgan fingerprint density at radius 3 is 2.52 bits per heavy atom. The molecule has 0 aliphatic rings. The van der Waals surface area contributed by atoms with Gasteiger partial charge in [0.15, 0.2) is 4.34 Å². The van der Waals surface area contributed by atoms with Crippen LogP contribution in [0.4, 0.5) is 16.5 Å². The Morgan fingerprint density at radius 1 is 1.10 bits per heavy atom. The summed E-state index contributed by atoms with van der Waals surface area (Å²) in [6.45, 7) is 0. The molecule has 12 heteroatoms.